The highest BCUT2D eigenvalue weighted by molar-refractivity contribution is 5.94. The van der Waals surface area contributed by atoms with Crippen molar-refractivity contribution in [2.75, 3.05) is 27.9 Å². The van der Waals surface area contributed by atoms with Crippen molar-refractivity contribution < 1.29 is 62.5 Å². The highest BCUT2D eigenvalue weighted by Gasteiger charge is 2.78. The molecule has 61 heavy (non-hydrogen) atoms. The minimum Gasteiger partial charge on any atom is -0.491 e. The predicted molar refractivity (Wildman–Crippen MR) is 224 cm³/mol. The van der Waals surface area contributed by atoms with Crippen LogP contribution >= 0.6 is 0 Å². The van der Waals surface area contributed by atoms with E-state index in [1.165, 1.54) is 21.1 Å². The van der Waals surface area contributed by atoms with Gasteiger partial charge in [-0.1, -0.05) is 69.0 Å². The molecule has 0 spiro atoms. The molecule has 0 aromatic heterocycles. The molecule has 1 aliphatic heterocycles. The van der Waals surface area contributed by atoms with Gasteiger partial charge in [0.15, 0.2) is 11.4 Å². The first-order valence-corrected chi connectivity index (χ1v) is 20.6. The van der Waals surface area contributed by atoms with Crippen molar-refractivity contribution in [1.82, 2.24) is 5.32 Å². The van der Waals surface area contributed by atoms with E-state index < -0.39 is 93.9 Å². The lowest BCUT2D eigenvalue weighted by Gasteiger charge is -2.68. The molecule has 2 saturated carbocycles. The molecular formula is C47H63NO13. The highest BCUT2D eigenvalue weighted by atomic mass is 16.6. The number of fused-ring (bicyclic) bond motifs is 5. The van der Waals surface area contributed by atoms with Crippen LogP contribution in [-0.4, -0.2) is 109 Å². The van der Waals surface area contributed by atoms with Crippen LogP contribution in [0.2, 0.25) is 0 Å². The summed E-state index contributed by atoms with van der Waals surface area (Å²) in [6, 6.07) is 17.1. The Balaban J connectivity index is 0.00000347. The van der Waals surface area contributed by atoms with E-state index >= 15 is 4.79 Å². The standard InChI is InChI=1S/C46H59NO12.CH4O/c1-26(22-31(29-18-14-12-15-19-29)47-41(51)59-42(4,5)6)56-32-24-46(52)39(57-40(50)30-20-16-13-17-21-30)37-44(9,38(49)36(54-11)35(27(32)2)43(46,7)8)33(53-10)23-34-45(37,25-55-34)58-28(3)48;1-2/h12-21,31-34,36-37,39,52H,1,22-25H2,2-11H3,(H,47,51);2H,1H3/t31-,32+,33+,34-,36-,37+,39+,44-,45+,46-;/m1./s1. The van der Waals surface area contributed by atoms with Crippen LogP contribution in [0.1, 0.15) is 96.6 Å². The number of esters is 2. The van der Waals surface area contributed by atoms with Crippen molar-refractivity contribution in [3.8, 4) is 0 Å². The first-order valence-electron chi connectivity index (χ1n) is 20.6. The molecule has 4 aliphatic rings. The molecule has 14 heteroatoms. The number of ketones is 1. The Morgan fingerprint density at radius 2 is 1.57 bits per heavy atom. The molecule has 334 valence electrons. The molecule has 14 nitrogen and oxygen atoms in total. The molecule has 2 bridgehead atoms. The van der Waals surface area contributed by atoms with Gasteiger partial charge >= 0.3 is 18.0 Å². The maximum absolute atomic E-state index is 15.6. The molecule has 1 amide bonds. The van der Waals surface area contributed by atoms with Crippen molar-refractivity contribution >= 4 is 23.8 Å². The maximum atomic E-state index is 15.6. The van der Waals surface area contributed by atoms with Gasteiger partial charge in [0.25, 0.3) is 0 Å². The first kappa shape index (κ1) is 47.4. The zero-order valence-corrected chi connectivity index (χ0v) is 37.2. The number of Topliss-reactive ketones (excluding diaryl/α,β-unsaturated/α-hetero) is 1. The van der Waals surface area contributed by atoms with Gasteiger partial charge in [0.1, 0.15) is 35.6 Å². The minimum absolute atomic E-state index is 0.112. The third kappa shape index (κ3) is 8.62. The normalized spacial score (nSPS) is 31.8. The summed E-state index contributed by atoms with van der Waals surface area (Å²) in [6.45, 7) is 17.9. The molecule has 1 heterocycles. The van der Waals surface area contributed by atoms with Crippen molar-refractivity contribution in [1.29, 1.82) is 0 Å². The van der Waals surface area contributed by atoms with Crippen LogP contribution in [-0.2, 0) is 42.7 Å². The van der Waals surface area contributed by atoms with Gasteiger partial charge in [-0.15, -0.1) is 0 Å². The second kappa shape index (κ2) is 18.0. The van der Waals surface area contributed by atoms with Crippen LogP contribution in [0, 0.1) is 16.7 Å². The van der Waals surface area contributed by atoms with E-state index in [4.69, 9.17) is 38.3 Å². The van der Waals surface area contributed by atoms with Gasteiger partial charge < -0.3 is 48.7 Å². The number of amides is 1. The Morgan fingerprint density at radius 3 is 2.10 bits per heavy atom. The molecule has 3 N–H and O–H groups in total. The third-order valence-corrected chi connectivity index (χ3v) is 13.0. The molecular weight excluding hydrogens is 787 g/mol. The second-order valence-electron chi connectivity index (χ2n) is 18.0. The number of hydrogen-bond donors (Lipinski definition) is 3. The fourth-order valence-corrected chi connectivity index (χ4v) is 10.1. The van der Waals surface area contributed by atoms with Crippen LogP contribution in [0.3, 0.4) is 0 Å². The number of methoxy groups -OCH3 is 2. The number of ether oxygens (including phenoxy) is 7. The van der Waals surface area contributed by atoms with E-state index in [2.05, 4.69) is 11.9 Å². The van der Waals surface area contributed by atoms with Gasteiger partial charge in [0.2, 0.25) is 0 Å². The summed E-state index contributed by atoms with van der Waals surface area (Å²) in [4.78, 5) is 56.0. The molecule has 2 aromatic carbocycles. The lowest BCUT2D eigenvalue weighted by molar-refractivity contribution is -0.347. The molecule has 0 radical (unpaired) electrons. The largest absolute Gasteiger partial charge is 0.491 e. The summed E-state index contributed by atoms with van der Waals surface area (Å²) in [5.74, 6) is -2.70. The molecule has 3 aliphatic carbocycles. The third-order valence-electron chi connectivity index (χ3n) is 13.0. The van der Waals surface area contributed by atoms with Gasteiger partial charge in [-0.2, -0.15) is 0 Å². The zero-order chi connectivity index (χ0) is 45.3. The summed E-state index contributed by atoms with van der Waals surface area (Å²) < 4.78 is 43.4. The molecule has 1 saturated heterocycles. The lowest BCUT2D eigenvalue weighted by atomic mass is 9.44. The van der Waals surface area contributed by atoms with E-state index in [0.717, 1.165) is 12.7 Å². The maximum Gasteiger partial charge on any atom is 0.408 e. The fourth-order valence-electron chi connectivity index (χ4n) is 10.1. The van der Waals surface area contributed by atoms with E-state index in [-0.39, 0.29) is 37.2 Å². The highest BCUT2D eigenvalue weighted by Crippen LogP contribution is 2.65. The van der Waals surface area contributed by atoms with Gasteiger partial charge in [-0.05, 0) is 63.5 Å². The Bertz CT molecular complexity index is 1980. The summed E-state index contributed by atoms with van der Waals surface area (Å²) >= 11 is 0. The number of aliphatic hydroxyl groups excluding tert-OH is 1. The predicted octanol–water partition coefficient (Wildman–Crippen LogP) is 6.19. The Kier molecular flexibility index (Phi) is 14.0. The molecule has 3 fully saturated rings. The number of alkyl carbamates (subject to hydrolysis) is 1. The van der Waals surface area contributed by atoms with E-state index in [0.29, 0.717) is 11.1 Å². The van der Waals surface area contributed by atoms with E-state index in [1.54, 1.807) is 71.9 Å². The van der Waals surface area contributed by atoms with Crippen molar-refractivity contribution in [2.24, 2.45) is 16.7 Å². The number of carbonyl (C=O) groups is 4. The first-order chi connectivity index (χ1) is 28.6. The molecule has 6 rings (SSSR count). The van der Waals surface area contributed by atoms with Crippen molar-refractivity contribution in [3.63, 3.8) is 0 Å². The Hall–Kier alpha value is -4.60. The second-order valence-corrected chi connectivity index (χ2v) is 18.0. The minimum atomic E-state index is -2.02. The van der Waals surface area contributed by atoms with Gasteiger partial charge in [0, 0.05) is 52.9 Å². The van der Waals surface area contributed by atoms with E-state index in [1.807, 2.05) is 37.3 Å². The smallest absolute Gasteiger partial charge is 0.408 e. The average Bonchev–Trinajstić information content (AvgIpc) is 3.20. The average molecular weight is 850 g/mol. The van der Waals surface area contributed by atoms with Crippen molar-refractivity contribution in [2.45, 2.75) is 128 Å². The molecule has 0 unspecified atom stereocenters. The van der Waals surface area contributed by atoms with Gasteiger partial charge in [-0.3, -0.25) is 9.59 Å². The van der Waals surface area contributed by atoms with Crippen LogP contribution in [0.15, 0.2) is 84.1 Å². The summed E-state index contributed by atoms with van der Waals surface area (Å²) in [5.41, 5.74) is -5.07. The molecule has 10 atom stereocenters. The topological polar surface area (TPSA) is 185 Å². The van der Waals surface area contributed by atoms with Crippen LogP contribution in [0.4, 0.5) is 4.79 Å². The Labute approximate surface area is 358 Å². The lowest BCUT2D eigenvalue weighted by Crippen LogP contribution is -2.82. The number of nitrogens with one attached hydrogen (secondary N) is 1. The summed E-state index contributed by atoms with van der Waals surface area (Å²) in [6.07, 6.45) is -5.70. The van der Waals surface area contributed by atoms with Gasteiger partial charge in [-0.25, -0.2) is 9.59 Å². The zero-order valence-electron chi connectivity index (χ0n) is 37.2. The number of rotatable bonds is 11. The van der Waals surface area contributed by atoms with Crippen LogP contribution in [0.5, 0.6) is 0 Å². The Morgan fingerprint density at radius 1 is 0.967 bits per heavy atom. The number of carbonyl (C=O) groups excluding carboxylic acids is 4. The van der Waals surface area contributed by atoms with Crippen molar-refractivity contribution in [3.05, 3.63) is 95.3 Å². The monoisotopic (exact) mass is 849 g/mol. The number of benzene rings is 2. The van der Waals surface area contributed by atoms with Crippen LogP contribution < -0.4 is 5.32 Å². The summed E-state index contributed by atoms with van der Waals surface area (Å²) in [7, 11) is 3.92. The fraction of sp³-hybridized carbons (Fsp3) is 0.574. The van der Waals surface area contributed by atoms with Gasteiger partial charge in [0.05, 0.1) is 41.4 Å². The number of aliphatic hydroxyl groups is 2. The summed E-state index contributed by atoms with van der Waals surface area (Å²) in [5, 5.41) is 23.7. The number of hydrogen-bond acceptors (Lipinski definition) is 13. The molecule has 2 aromatic rings. The van der Waals surface area contributed by atoms with Crippen LogP contribution in [0.25, 0.3) is 0 Å². The SMILES string of the molecule is C=C(C[C@@H](NC(=O)OC(C)(C)C)c1ccccc1)O[C@H]1C[C@@]2(O)[C@@H](OC(=O)c3ccccc3)[C@@H]3[C@]4(OC(C)=O)CO[C@@H]4C[C@H](OC)[C@@]3(C)C(=O)[C@H](OC)C(=C1C)C2(C)C.CO. The quantitative estimate of drug-likeness (QED) is 0.101. The van der Waals surface area contributed by atoms with E-state index in [9.17, 15) is 19.5 Å².